The summed E-state index contributed by atoms with van der Waals surface area (Å²) in [7, 11) is -1.80. The van der Waals surface area contributed by atoms with E-state index in [4.69, 9.17) is 0 Å². The summed E-state index contributed by atoms with van der Waals surface area (Å²) in [5.74, 6) is 2.46. The molecule has 0 amide bonds. The van der Waals surface area contributed by atoms with Crippen LogP contribution in [0.3, 0.4) is 0 Å². The van der Waals surface area contributed by atoms with E-state index in [0.717, 1.165) is 5.92 Å². The maximum atomic E-state index is 12.2. The highest BCUT2D eigenvalue weighted by molar-refractivity contribution is 7.89. The third kappa shape index (κ3) is 2.64. The second-order valence-corrected chi connectivity index (χ2v) is 7.55. The molecule has 6 nitrogen and oxygen atoms in total. The highest BCUT2D eigenvalue weighted by Crippen LogP contribution is 2.48. The minimum atomic E-state index is -3.49. The highest BCUT2D eigenvalue weighted by atomic mass is 32.2. The first-order valence-electron chi connectivity index (χ1n) is 7.08. The van der Waals surface area contributed by atoms with Crippen LogP contribution in [0.25, 0.3) is 0 Å². The molecule has 1 aromatic rings. The van der Waals surface area contributed by atoms with Crippen LogP contribution in [0.1, 0.15) is 25.7 Å². The zero-order chi connectivity index (χ0) is 14.2. The Morgan fingerprint density at radius 3 is 2.55 bits per heavy atom. The molecule has 1 aromatic heterocycles. The lowest BCUT2D eigenvalue weighted by molar-refractivity contribution is 0.333. The number of anilines is 1. The number of hydrogen-bond acceptors (Lipinski definition) is 5. The van der Waals surface area contributed by atoms with Crippen LogP contribution in [-0.4, -0.2) is 32.0 Å². The Labute approximate surface area is 119 Å². The smallest absolute Gasteiger partial charge is 0.243 e. The quantitative estimate of drug-likeness (QED) is 0.854. The molecule has 7 heteroatoms. The molecule has 3 unspecified atom stereocenters. The van der Waals surface area contributed by atoms with Gasteiger partial charge in [0, 0.05) is 13.6 Å². The van der Waals surface area contributed by atoms with Gasteiger partial charge in [-0.1, -0.05) is 6.42 Å². The molecule has 0 radical (unpaired) electrons. The summed E-state index contributed by atoms with van der Waals surface area (Å²) in [5.41, 5.74) is 0. The zero-order valence-corrected chi connectivity index (χ0v) is 12.4. The lowest BCUT2D eigenvalue weighted by Gasteiger charge is -2.21. The van der Waals surface area contributed by atoms with E-state index in [0.29, 0.717) is 24.3 Å². The summed E-state index contributed by atoms with van der Waals surface area (Å²) in [6.07, 6.45) is 7.71. The Morgan fingerprint density at radius 2 is 2.00 bits per heavy atom. The Kier molecular flexibility index (Phi) is 3.64. The van der Waals surface area contributed by atoms with Crippen molar-refractivity contribution in [3.63, 3.8) is 0 Å². The molecule has 3 rings (SSSR count). The van der Waals surface area contributed by atoms with E-state index in [2.05, 4.69) is 20.0 Å². The van der Waals surface area contributed by atoms with E-state index in [1.165, 1.54) is 38.1 Å². The van der Waals surface area contributed by atoms with Gasteiger partial charge < -0.3 is 5.32 Å². The SMILES string of the molecule is CNc1ncc(S(=O)(=O)NCC2CC3CCC2C3)cn1. The van der Waals surface area contributed by atoms with E-state index >= 15 is 0 Å². The minimum Gasteiger partial charge on any atom is -0.357 e. The van der Waals surface area contributed by atoms with Gasteiger partial charge in [0.05, 0.1) is 12.4 Å². The van der Waals surface area contributed by atoms with Crippen molar-refractivity contribution in [2.24, 2.45) is 17.8 Å². The van der Waals surface area contributed by atoms with Crippen LogP contribution in [0, 0.1) is 17.8 Å². The maximum Gasteiger partial charge on any atom is 0.243 e. The summed E-state index contributed by atoms with van der Waals surface area (Å²) in [6, 6.07) is 0. The molecule has 2 bridgehead atoms. The van der Waals surface area contributed by atoms with Crippen LogP contribution in [0.2, 0.25) is 0 Å². The van der Waals surface area contributed by atoms with Gasteiger partial charge in [-0.15, -0.1) is 0 Å². The van der Waals surface area contributed by atoms with Crippen LogP contribution in [-0.2, 0) is 10.0 Å². The van der Waals surface area contributed by atoms with Gasteiger partial charge in [-0.3, -0.25) is 0 Å². The first kappa shape index (κ1) is 13.8. The molecular weight excluding hydrogens is 276 g/mol. The van der Waals surface area contributed by atoms with E-state index in [1.807, 2.05) is 0 Å². The topological polar surface area (TPSA) is 84.0 Å². The molecule has 0 spiro atoms. The van der Waals surface area contributed by atoms with Crippen molar-refractivity contribution in [2.45, 2.75) is 30.6 Å². The van der Waals surface area contributed by atoms with Crippen molar-refractivity contribution in [2.75, 3.05) is 18.9 Å². The van der Waals surface area contributed by atoms with Crippen molar-refractivity contribution in [1.82, 2.24) is 14.7 Å². The van der Waals surface area contributed by atoms with E-state index < -0.39 is 10.0 Å². The molecule has 110 valence electrons. The molecule has 2 N–H and O–H groups in total. The average molecular weight is 296 g/mol. The third-order valence-electron chi connectivity index (χ3n) is 4.58. The van der Waals surface area contributed by atoms with Crippen LogP contribution in [0.5, 0.6) is 0 Å². The zero-order valence-electron chi connectivity index (χ0n) is 11.5. The summed E-state index contributed by atoms with van der Waals surface area (Å²) in [4.78, 5) is 8.00. The predicted molar refractivity (Wildman–Crippen MR) is 75.7 cm³/mol. The second-order valence-electron chi connectivity index (χ2n) is 5.78. The minimum absolute atomic E-state index is 0.125. The standard InChI is InChI=1S/C13H20N4O2S/c1-14-13-15-7-12(8-16-13)20(18,19)17-6-11-5-9-2-3-10(11)4-9/h7-11,17H,2-6H2,1H3,(H,14,15,16). The average Bonchev–Trinajstić information content (AvgIpc) is 3.08. The van der Waals surface area contributed by atoms with Gasteiger partial charge in [-0.25, -0.2) is 23.1 Å². The molecule has 2 saturated carbocycles. The molecule has 0 saturated heterocycles. The molecule has 20 heavy (non-hydrogen) atoms. The fraction of sp³-hybridized carbons (Fsp3) is 0.692. The summed E-state index contributed by atoms with van der Waals surface area (Å²) in [6.45, 7) is 0.539. The number of hydrogen-bond donors (Lipinski definition) is 2. The number of nitrogens with zero attached hydrogens (tertiary/aromatic N) is 2. The molecule has 2 fully saturated rings. The highest BCUT2D eigenvalue weighted by Gasteiger charge is 2.39. The van der Waals surface area contributed by atoms with Gasteiger partial charge >= 0.3 is 0 Å². The number of fused-ring (bicyclic) bond motifs is 2. The number of sulfonamides is 1. The first-order valence-corrected chi connectivity index (χ1v) is 8.56. The van der Waals surface area contributed by atoms with Crippen molar-refractivity contribution in [1.29, 1.82) is 0 Å². The number of nitrogens with one attached hydrogen (secondary N) is 2. The predicted octanol–water partition coefficient (Wildman–Crippen LogP) is 1.23. The van der Waals surface area contributed by atoms with Crippen molar-refractivity contribution in [3.8, 4) is 0 Å². The molecule has 0 aliphatic heterocycles. The number of aromatic nitrogens is 2. The Hall–Kier alpha value is -1.21. The van der Waals surface area contributed by atoms with E-state index in [1.54, 1.807) is 7.05 Å². The fourth-order valence-corrected chi connectivity index (χ4v) is 4.49. The van der Waals surface area contributed by atoms with Crippen LogP contribution >= 0.6 is 0 Å². The third-order valence-corrected chi connectivity index (χ3v) is 5.96. The first-order chi connectivity index (χ1) is 9.58. The lowest BCUT2D eigenvalue weighted by Crippen LogP contribution is -2.31. The van der Waals surface area contributed by atoms with Gasteiger partial charge in [0.15, 0.2) is 0 Å². The molecule has 2 aliphatic carbocycles. The Bertz CT molecular complexity index is 573. The monoisotopic (exact) mass is 296 g/mol. The largest absolute Gasteiger partial charge is 0.357 e. The second kappa shape index (κ2) is 5.29. The van der Waals surface area contributed by atoms with Crippen molar-refractivity contribution < 1.29 is 8.42 Å². The summed E-state index contributed by atoms with van der Waals surface area (Å²) >= 11 is 0. The Morgan fingerprint density at radius 1 is 1.25 bits per heavy atom. The number of rotatable bonds is 5. The summed E-state index contributed by atoms with van der Waals surface area (Å²) < 4.78 is 27.1. The van der Waals surface area contributed by atoms with Crippen molar-refractivity contribution in [3.05, 3.63) is 12.4 Å². The van der Waals surface area contributed by atoms with Gasteiger partial charge in [0.2, 0.25) is 16.0 Å². The van der Waals surface area contributed by atoms with E-state index in [-0.39, 0.29) is 4.90 Å². The molecule has 2 aliphatic rings. The lowest BCUT2D eigenvalue weighted by atomic mass is 9.89. The van der Waals surface area contributed by atoms with Crippen LogP contribution in [0.15, 0.2) is 17.3 Å². The summed E-state index contributed by atoms with van der Waals surface area (Å²) in [5, 5.41) is 2.76. The van der Waals surface area contributed by atoms with E-state index in [9.17, 15) is 8.42 Å². The maximum absolute atomic E-state index is 12.2. The molecule has 1 heterocycles. The van der Waals surface area contributed by atoms with Crippen LogP contribution < -0.4 is 10.0 Å². The molecule has 0 aromatic carbocycles. The fourth-order valence-electron chi connectivity index (χ4n) is 3.51. The normalized spacial score (nSPS) is 28.8. The van der Waals surface area contributed by atoms with Gasteiger partial charge in [0.25, 0.3) is 0 Å². The van der Waals surface area contributed by atoms with Crippen LogP contribution in [0.4, 0.5) is 5.95 Å². The van der Waals surface area contributed by atoms with Gasteiger partial charge in [-0.05, 0) is 37.0 Å². The van der Waals surface area contributed by atoms with Crippen molar-refractivity contribution >= 4 is 16.0 Å². The van der Waals surface area contributed by atoms with Gasteiger partial charge in [0.1, 0.15) is 4.90 Å². The molecule has 3 atom stereocenters. The van der Waals surface area contributed by atoms with Gasteiger partial charge in [-0.2, -0.15) is 0 Å². The molecular formula is C13H20N4O2S. The Balaban J connectivity index is 1.63.